The molecule has 19 heavy (non-hydrogen) atoms. The third kappa shape index (κ3) is 6.77. The van der Waals surface area contributed by atoms with Crippen LogP contribution in [0, 0.1) is 0 Å². The number of nitrogens with zero attached hydrogens (tertiary/aromatic N) is 1. The average Bonchev–Trinajstić information content (AvgIpc) is 2.39. The van der Waals surface area contributed by atoms with Crippen molar-refractivity contribution in [3.05, 3.63) is 0 Å². The fourth-order valence-corrected chi connectivity index (χ4v) is 1.40. The molecular formula is C10H17N4O4S. The van der Waals surface area contributed by atoms with Gasteiger partial charge in [0, 0.05) is 12.7 Å². The van der Waals surface area contributed by atoms with Gasteiger partial charge in [0.2, 0.25) is 24.0 Å². The molecule has 0 bridgehead atoms. The minimum atomic E-state index is -0.915. The van der Waals surface area contributed by atoms with Crippen molar-refractivity contribution in [3.63, 3.8) is 0 Å². The first-order chi connectivity index (χ1) is 8.96. The second-order valence-corrected chi connectivity index (χ2v) is 3.94. The number of hydrogen-bond donors (Lipinski definition) is 4. The summed E-state index contributed by atoms with van der Waals surface area (Å²) in [5, 5.41) is 4.75. The lowest BCUT2D eigenvalue weighted by Crippen LogP contribution is -2.53. The highest BCUT2D eigenvalue weighted by Crippen LogP contribution is 1.97. The molecule has 0 aliphatic heterocycles. The molecule has 0 aliphatic rings. The Kier molecular flexibility index (Phi) is 8.55. The van der Waals surface area contributed by atoms with E-state index in [-0.39, 0.29) is 31.4 Å². The van der Waals surface area contributed by atoms with Crippen molar-refractivity contribution in [1.82, 2.24) is 15.5 Å². The number of hydrogen-bond acceptors (Lipinski definition) is 6. The minimum absolute atomic E-state index is 0.0417. The number of rotatable bonds is 8. The van der Waals surface area contributed by atoms with E-state index >= 15 is 0 Å². The van der Waals surface area contributed by atoms with Crippen LogP contribution in [0.4, 0.5) is 0 Å². The molecule has 0 aromatic rings. The Morgan fingerprint density at radius 3 is 2.47 bits per heavy atom. The summed E-state index contributed by atoms with van der Waals surface area (Å²) in [5.41, 5.74) is 5.13. The summed E-state index contributed by atoms with van der Waals surface area (Å²) in [6, 6.07) is -0.915. The smallest absolute Gasteiger partial charge is 0.247 e. The summed E-state index contributed by atoms with van der Waals surface area (Å²) in [6.07, 6.45) is 1.56. The molecule has 0 fully saturated rings. The van der Waals surface area contributed by atoms with Gasteiger partial charge in [-0.3, -0.25) is 19.2 Å². The molecule has 107 valence electrons. The fraction of sp³-hybridized carbons (Fsp3) is 0.600. The molecule has 0 aliphatic carbocycles. The molecule has 1 unspecified atom stereocenters. The second-order valence-electron chi connectivity index (χ2n) is 3.58. The monoisotopic (exact) mass is 289 g/mol. The molecule has 0 spiro atoms. The van der Waals surface area contributed by atoms with E-state index in [1.54, 1.807) is 6.29 Å². The van der Waals surface area contributed by atoms with Crippen molar-refractivity contribution in [3.8, 4) is 0 Å². The van der Waals surface area contributed by atoms with Crippen LogP contribution in [-0.4, -0.2) is 60.5 Å². The maximum atomic E-state index is 12.0. The van der Waals surface area contributed by atoms with Crippen LogP contribution >= 0.6 is 12.6 Å². The van der Waals surface area contributed by atoms with E-state index in [0.29, 0.717) is 0 Å². The van der Waals surface area contributed by atoms with Crippen LogP contribution in [0.25, 0.3) is 0 Å². The highest BCUT2D eigenvalue weighted by molar-refractivity contribution is 7.80. The average molecular weight is 289 g/mol. The molecule has 1 atom stereocenters. The van der Waals surface area contributed by atoms with Gasteiger partial charge < -0.3 is 21.3 Å². The van der Waals surface area contributed by atoms with E-state index < -0.39 is 17.9 Å². The van der Waals surface area contributed by atoms with E-state index in [2.05, 4.69) is 23.3 Å². The van der Waals surface area contributed by atoms with Crippen molar-refractivity contribution in [2.45, 2.75) is 13.0 Å². The van der Waals surface area contributed by atoms with Crippen LogP contribution in [0.3, 0.4) is 0 Å². The van der Waals surface area contributed by atoms with Crippen LogP contribution < -0.4 is 16.4 Å². The van der Waals surface area contributed by atoms with Gasteiger partial charge in [-0.05, 0) is 0 Å². The Bertz CT molecular complexity index is 350. The van der Waals surface area contributed by atoms with Gasteiger partial charge in [0.15, 0.2) is 0 Å². The van der Waals surface area contributed by atoms with Gasteiger partial charge in [0.05, 0.1) is 19.8 Å². The fourth-order valence-electron chi connectivity index (χ4n) is 1.16. The molecule has 1 radical (unpaired) electrons. The highest BCUT2D eigenvalue weighted by atomic mass is 32.1. The van der Waals surface area contributed by atoms with Gasteiger partial charge >= 0.3 is 0 Å². The molecule has 0 aromatic carbocycles. The van der Waals surface area contributed by atoms with E-state index in [4.69, 9.17) is 5.73 Å². The first kappa shape index (κ1) is 17.4. The van der Waals surface area contributed by atoms with E-state index in [1.807, 2.05) is 0 Å². The summed E-state index contributed by atoms with van der Waals surface area (Å²) in [6.45, 7) is 0.552. The Morgan fingerprint density at radius 2 is 2.05 bits per heavy atom. The van der Waals surface area contributed by atoms with Crippen LogP contribution in [0.2, 0.25) is 0 Å². The molecule has 0 saturated heterocycles. The van der Waals surface area contributed by atoms with Crippen molar-refractivity contribution in [1.29, 1.82) is 0 Å². The molecule has 0 aromatic heterocycles. The zero-order valence-corrected chi connectivity index (χ0v) is 11.4. The third-order valence-electron chi connectivity index (χ3n) is 2.09. The highest BCUT2D eigenvalue weighted by Gasteiger charge is 2.24. The quantitative estimate of drug-likeness (QED) is 0.288. The molecular weight excluding hydrogens is 272 g/mol. The molecule has 3 amide bonds. The SMILES string of the molecule is CC(=O)NCN(C[C]=O)C(=O)C(CS)NC(=O)CN. The lowest BCUT2D eigenvalue weighted by molar-refractivity contribution is -0.135. The number of nitrogens with two attached hydrogens (primary N) is 1. The predicted octanol–water partition coefficient (Wildman–Crippen LogP) is -2.61. The molecule has 0 saturated carbocycles. The van der Waals surface area contributed by atoms with Crippen LogP contribution in [0.15, 0.2) is 0 Å². The number of amides is 3. The maximum Gasteiger partial charge on any atom is 0.247 e. The first-order valence-corrected chi connectivity index (χ1v) is 6.08. The van der Waals surface area contributed by atoms with Crippen LogP contribution in [0.5, 0.6) is 0 Å². The van der Waals surface area contributed by atoms with Crippen molar-refractivity contribution in [2.75, 3.05) is 25.5 Å². The summed E-state index contributed by atoms with van der Waals surface area (Å²) >= 11 is 3.95. The zero-order valence-electron chi connectivity index (χ0n) is 10.5. The molecule has 0 heterocycles. The second kappa shape index (κ2) is 9.34. The minimum Gasteiger partial charge on any atom is -0.342 e. The number of nitrogens with one attached hydrogen (secondary N) is 2. The molecule has 0 rings (SSSR count). The zero-order chi connectivity index (χ0) is 14.8. The lowest BCUT2D eigenvalue weighted by Gasteiger charge is -2.25. The van der Waals surface area contributed by atoms with Gasteiger partial charge in [-0.2, -0.15) is 12.6 Å². The van der Waals surface area contributed by atoms with Crippen LogP contribution in [-0.2, 0) is 19.2 Å². The first-order valence-electron chi connectivity index (χ1n) is 5.44. The Morgan fingerprint density at radius 1 is 1.42 bits per heavy atom. The number of carbonyl (C=O) groups is 3. The van der Waals surface area contributed by atoms with E-state index in [1.165, 1.54) is 6.92 Å². The molecule has 9 heteroatoms. The summed E-state index contributed by atoms with van der Waals surface area (Å²) in [7, 11) is 0. The molecule has 4 N–H and O–H groups in total. The molecule has 8 nitrogen and oxygen atoms in total. The predicted molar refractivity (Wildman–Crippen MR) is 70.9 cm³/mol. The standard InChI is InChI=1S/C10H17N4O4S/c1-7(16)12-6-14(2-3-15)10(18)8(5-19)13-9(17)4-11/h8,19H,2,4-6,11H2,1H3,(H,12,16)(H,13,17). The number of carbonyl (C=O) groups excluding carboxylic acids is 4. The Hall–Kier alpha value is -1.61. The Balaban J connectivity index is 4.68. The van der Waals surface area contributed by atoms with E-state index in [0.717, 1.165) is 4.90 Å². The Labute approximate surface area is 116 Å². The maximum absolute atomic E-state index is 12.0. The summed E-state index contributed by atoms with van der Waals surface area (Å²) in [4.78, 5) is 45.4. The number of thiol groups is 1. The third-order valence-corrected chi connectivity index (χ3v) is 2.45. The lowest BCUT2D eigenvalue weighted by atomic mass is 10.2. The summed E-state index contributed by atoms with van der Waals surface area (Å²) in [5.74, 6) is -1.37. The van der Waals surface area contributed by atoms with Crippen molar-refractivity contribution < 1.29 is 19.2 Å². The van der Waals surface area contributed by atoms with E-state index in [9.17, 15) is 19.2 Å². The van der Waals surface area contributed by atoms with Crippen molar-refractivity contribution in [2.24, 2.45) is 5.73 Å². The summed E-state index contributed by atoms with van der Waals surface area (Å²) < 4.78 is 0. The van der Waals surface area contributed by atoms with Gasteiger partial charge in [-0.25, -0.2) is 0 Å². The largest absolute Gasteiger partial charge is 0.342 e. The van der Waals surface area contributed by atoms with Crippen LogP contribution in [0.1, 0.15) is 6.92 Å². The van der Waals surface area contributed by atoms with Gasteiger partial charge in [-0.1, -0.05) is 0 Å². The van der Waals surface area contributed by atoms with Gasteiger partial charge in [0.25, 0.3) is 0 Å². The topological polar surface area (TPSA) is 122 Å². The van der Waals surface area contributed by atoms with Crippen molar-refractivity contribution >= 4 is 36.6 Å². The van der Waals surface area contributed by atoms with Gasteiger partial charge in [0.1, 0.15) is 6.04 Å². The van der Waals surface area contributed by atoms with Gasteiger partial charge in [-0.15, -0.1) is 0 Å². The normalized spacial score (nSPS) is 11.3.